The zero-order valence-electron chi connectivity index (χ0n) is 13.2. The van der Waals surface area contributed by atoms with Gasteiger partial charge in [0.25, 0.3) is 0 Å². The second-order valence-electron chi connectivity index (χ2n) is 4.54. The molecule has 2 N–H and O–H groups in total. The smallest absolute Gasteiger partial charge is 0.190 e. The molecule has 0 aromatic carbocycles. The minimum atomic E-state index is 0. The third-order valence-electron chi connectivity index (χ3n) is 2.77. The Morgan fingerprint density at radius 3 is 2.78 bits per heavy atom. The fourth-order valence-corrected chi connectivity index (χ4v) is 4.18. The third-order valence-corrected chi connectivity index (χ3v) is 5.80. The van der Waals surface area contributed by atoms with Crippen LogP contribution in [0, 0.1) is 6.92 Å². The summed E-state index contributed by atoms with van der Waals surface area (Å²) in [5, 5.41) is 9.83. The Morgan fingerprint density at radius 1 is 1.30 bits per heavy atom. The summed E-state index contributed by atoms with van der Waals surface area (Å²) in [6.45, 7) is 3.84. The molecule has 5 nitrogen and oxygen atoms in total. The molecule has 2 heterocycles. The van der Waals surface area contributed by atoms with Crippen molar-refractivity contribution in [2.75, 3.05) is 25.9 Å². The molecule has 9 heteroatoms. The Morgan fingerprint density at radius 2 is 2.13 bits per heavy atom. The van der Waals surface area contributed by atoms with Crippen LogP contribution in [0.15, 0.2) is 27.1 Å². The van der Waals surface area contributed by atoms with Crippen molar-refractivity contribution in [3.63, 3.8) is 0 Å². The van der Waals surface area contributed by atoms with Gasteiger partial charge in [0, 0.05) is 55.0 Å². The summed E-state index contributed by atoms with van der Waals surface area (Å²) in [5.41, 5.74) is 0. The largest absolute Gasteiger partial charge is 0.356 e. The van der Waals surface area contributed by atoms with E-state index in [0.717, 1.165) is 42.0 Å². The zero-order chi connectivity index (χ0) is 15.6. The SMILES string of the molecule is CN=C(NCCCSc1nccs1)NCCc1ncc(C)s1.I. The zero-order valence-corrected chi connectivity index (χ0v) is 18.0. The quantitative estimate of drug-likeness (QED) is 0.198. The normalized spacial score (nSPS) is 11.1. The molecule has 0 aliphatic rings. The van der Waals surface area contributed by atoms with Gasteiger partial charge in [-0.1, -0.05) is 11.8 Å². The Labute approximate surface area is 166 Å². The van der Waals surface area contributed by atoms with E-state index in [1.807, 2.05) is 17.8 Å². The van der Waals surface area contributed by atoms with E-state index in [9.17, 15) is 0 Å². The molecule has 0 unspecified atom stereocenters. The van der Waals surface area contributed by atoms with Crippen molar-refractivity contribution in [2.24, 2.45) is 4.99 Å². The molecule has 2 aromatic rings. The van der Waals surface area contributed by atoms with Gasteiger partial charge >= 0.3 is 0 Å². The van der Waals surface area contributed by atoms with Gasteiger partial charge in [0.2, 0.25) is 0 Å². The Hall–Kier alpha value is -0.390. The number of nitrogens with zero attached hydrogens (tertiary/aromatic N) is 3. The molecule has 0 bridgehead atoms. The summed E-state index contributed by atoms with van der Waals surface area (Å²) in [6, 6.07) is 0. The second-order valence-corrected chi connectivity index (χ2v) is 8.10. The molecular formula is C14H22IN5S3. The number of nitrogens with one attached hydrogen (secondary N) is 2. The lowest BCUT2D eigenvalue weighted by molar-refractivity contribution is 0.775. The highest BCUT2D eigenvalue weighted by Crippen LogP contribution is 2.20. The first-order chi connectivity index (χ1) is 10.8. The molecule has 0 aliphatic heterocycles. The summed E-state index contributed by atoms with van der Waals surface area (Å²) < 4.78 is 1.14. The fraction of sp³-hybridized carbons (Fsp3) is 0.500. The maximum absolute atomic E-state index is 4.36. The molecule has 0 saturated carbocycles. The van der Waals surface area contributed by atoms with Gasteiger partial charge in [-0.2, -0.15) is 0 Å². The summed E-state index contributed by atoms with van der Waals surface area (Å²) in [5.74, 6) is 1.92. The van der Waals surface area contributed by atoms with E-state index in [1.54, 1.807) is 41.5 Å². The van der Waals surface area contributed by atoms with E-state index in [4.69, 9.17) is 0 Å². The lowest BCUT2D eigenvalue weighted by Crippen LogP contribution is -2.38. The number of hydrogen-bond donors (Lipinski definition) is 2. The fourth-order valence-electron chi connectivity index (χ4n) is 1.75. The van der Waals surface area contributed by atoms with Crippen LogP contribution in [0.2, 0.25) is 0 Å². The van der Waals surface area contributed by atoms with Crippen LogP contribution in [0.3, 0.4) is 0 Å². The van der Waals surface area contributed by atoms with Gasteiger partial charge in [0.15, 0.2) is 5.96 Å². The van der Waals surface area contributed by atoms with E-state index < -0.39 is 0 Å². The van der Waals surface area contributed by atoms with Crippen LogP contribution in [0.1, 0.15) is 16.3 Å². The molecule has 128 valence electrons. The van der Waals surface area contributed by atoms with Crippen LogP contribution >= 0.6 is 58.4 Å². The molecule has 0 radical (unpaired) electrons. The first kappa shape index (κ1) is 20.7. The van der Waals surface area contributed by atoms with Crippen LogP contribution < -0.4 is 10.6 Å². The number of halogens is 1. The van der Waals surface area contributed by atoms with Gasteiger partial charge in [-0.05, 0) is 13.3 Å². The van der Waals surface area contributed by atoms with Gasteiger partial charge in [0.05, 0.1) is 5.01 Å². The summed E-state index contributed by atoms with van der Waals surface area (Å²) in [4.78, 5) is 14.1. The molecule has 0 aliphatic carbocycles. The minimum absolute atomic E-state index is 0. The van der Waals surface area contributed by atoms with Crippen LogP contribution in [0.4, 0.5) is 0 Å². The Balaban J connectivity index is 0.00000264. The van der Waals surface area contributed by atoms with Crippen LogP contribution in [-0.4, -0.2) is 41.8 Å². The summed E-state index contributed by atoms with van der Waals surface area (Å²) in [7, 11) is 1.80. The van der Waals surface area contributed by atoms with E-state index in [-0.39, 0.29) is 24.0 Å². The van der Waals surface area contributed by atoms with Crippen molar-refractivity contribution < 1.29 is 0 Å². The molecule has 0 saturated heterocycles. The molecule has 0 fully saturated rings. The number of guanidine groups is 1. The number of aliphatic imine (C=N–C) groups is 1. The van der Waals surface area contributed by atoms with Gasteiger partial charge < -0.3 is 10.6 Å². The number of aryl methyl sites for hydroxylation is 1. The summed E-state index contributed by atoms with van der Waals surface area (Å²) in [6.07, 6.45) is 5.78. The van der Waals surface area contributed by atoms with Crippen LogP contribution in [0.25, 0.3) is 0 Å². The predicted molar refractivity (Wildman–Crippen MR) is 113 cm³/mol. The first-order valence-electron chi connectivity index (χ1n) is 7.16. The Bertz CT molecular complexity index is 571. The first-order valence-corrected chi connectivity index (χ1v) is 9.84. The van der Waals surface area contributed by atoms with Crippen molar-refractivity contribution >= 4 is 64.4 Å². The van der Waals surface area contributed by atoms with E-state index in [2.05, 4.69) is 32.5 Å². The highest BCUT2D eigenvalue weighted by Gasteiger charge is 2.01. The minimum Gasteiger partial charge on any atom is -0.356 e. The van der Waals surface area contributed by atoms with E-state index in [1.165, 1.54) is 9.88 Å². The van der Waals surface area contributed by atoms with Gasteiger partial charge in [-0.25, -0.2) is 9.97 Å². The molecular weight excluding hydrogens is 461 g/mol. The lowest BCUT2D eigenvalue weighted by Gasteiger charge is -2.10. The number of thioether (sulfide) groups is 1. The maximum Gasteiger partial charge on any atom is 0.190 e. The van der Waals surface area contributed by atoms with Crippen LogP contribution in [0.5, 0.6) is 0 Å². The topological polar surface area (TPSA) is 62.2 Å². The molecule has 0 atom stereocenters. The van der Waals surface area contributed by atoms with E-state index in [0.29, 0.717) is 0 Å². The van der Waals surface area contributed by atoms with Crippen LogP contribution in [-0.2, 0) is 6.42 Å². The van der Waals surface area contributed by atoms with Crippen molar-refractivity contribution in [1.29, 1.82) is 0 Å². The molecule has 2 aromatic heterocycles. The van der Waals surface area contributed by atoms with Crippen molar-refractivity contribution in [3.05, 3.63) is 27.7 Å². The Kier molecular flexibility index (Phi) is 10.8. The number of aromatic nitrogens is 2. The van der Waals surface area contributed by atoms with Crippen molar-refractivity contribution in [1.82, 2.24) is 20.6 Å². The van der Waals surface area contributed by atoms with Crippen molar-refractivity contribution in [3.8, 4) is 0 Å². The number of rotatable bonds is 8. The average molecular weight is 483 g/mol. The van der Waals surface area contributed by atoms with Gasteiger partial charge in [-0.3, -0.25) is 4.99 Å². The van der Waals surface area contributed by atoms with Gasteiger partial charge in [0.1, 0.15) is 4.34 Å². The average Bonchev–Trinajstić information content (AvgIpc) is 3.17. The standard InChI is InChI=1S/C14H21N5S3.HI/c1-11-10-19-12(22-11)4-6-17-13(15-2)16-5-3-8-20-14-18-7-9-21-14;/h7,9-10H,3-6,8H2,1-2H3,(H2,15,16,17);1H. The monoisotopic (exact) mass is 483 g/mol. The molecule has 0 spiro atoms. The maximum atomic E-state index is 4.36. The summed E-state index contributed by atoms with van der Waals surface area (Å²) >= 11 is 5.25. The molecule has 2 rings (SSSR count). The third kappa shape index (κ3) is 8.32. The second kappa shape index (κ2) is 12.0. The van der Waals surface area contributed by atoms with Crippen molar-refractivity contribution in [2.45, 2.75) is 24.1 Å². The highest BCUT2D eigenvalue weighted by atomic mass is 127. The predicted octanol–water partition coefficient (Wildman–Crippen LogP) is 3.42. The number of thiazole rings is 2. The van der Waals surface area contributed by atoms with E-state index >= 15 is 0 Å². The number of hydrogen-bond acceptors (Lipinski definition) is 6. The lowest BCUT2D eigenvalue weighted by atomic mass is 10.4. The molecule has 0 amide bonds. The highest BCUT2D eigenvalue weighted by molar-refractivity contribution is 14.0. The van der Waals surface area contributed by atoms with Gasteiger partial charge in [-0.15, -0.1) is 46.7 Å². The molecule has 23 heavy (non-hydrogen) atoms.